The third-order valence-corrected chi connectivity index (χ3v) is 3.18. The molecule has 0 aliphatic carbocycles. The molecule has 0 aliphatic rings. The SMILES string of the molecule is CCCCc1ccc(Oc2cc(C(=O)O)cc(Cl)n2)cc1. The van der Waals surface area contributed by atoms with Crippen molar-refractivity contribution < 1.29 is 14.6 Å². The smallest absolute Gasteiger partial charge is 0.335 e. The first-order valence-corrected chi connectivity index (χ1v) is 7.14. The van der Waals surface area contributed by atoms with Crippen LogP contribution in [0.15, 0.2) is 36.4 Å². The van der Waals surface area contributed by atoms with E-state index in [0.29, 0.717) is 5.75 Å². The summed E-state index contributed by atoms with van der Waals surface area (Å²) in [5, 5.41) is 9.06. The highest BCUT2D eigenvalue weighted by Gasteiger charge is 2.09. The number of unbranched alkanes of at least 4 members (excludes halogenated alkanes) is 1. The Hall–Kier alpha value is -2.07. The minimum absolute atomic E-state index is 0.0459. The molecule has 2 aromatic rings. The molecule has 4 nitrogen and oxygen atoms in total. The van der Waals surface area contributed by atoms with Gasteiger partial charge < -0.3 is 9.84 Å². The summed E-state index contributed by atoms with van der Waals surface area (Å²) in [6.45, 7) is 2.16. The van der Waals surface area contributed by atoms with Crippen molar-refractivity contribution in [1.29, 1.82) is 0 Å². The van der Waals surface area contributed by atoms with E-state index in [2.05, 4.69) is 11.9 Å². The van der Waals surface area contributed by atoms with Crippen LogP contribution >= 0.6 is 11.6 Å². The van der Waals surface area contributed by atoms with E-state index in [9.17, 15) is 4.79 Å². The Bertz CT molecular complexity index is 626. The van der Waals surface area contributed by atoms with Crippen LogP contribution in [0.3, 0.4) is 0 Å². The van der Waals surface area contributed by atoms with E-state index in [1.54, 1.807) is 0 Å². The molecule has 0 atom stereocenters. The molecule has 0 saturated carbocycles. The molecule has 21 heavy (non-hydrogen) atoms. The predicted molar refractivity (Wildman–Crippen MR) is 81.3 cm³/mol. The highest BCUT2D eigenvalue weighted by molar-refractivity contribution is 6.29. The van der Waals surface area contributed by atoms with Crippen molar-refractivity contribution in [3.05, 3.63) is 52.7 Å². The molecule has 1 N–H and O–H groups in total. The molecule has 2 rings (SSSR count). The van der Waals surface area contributed by atoms with Crippen LogP contribution in [0.4, 0.5) is 0 Å². The van der Waals surface area contributed by atoms with Gasteiger partial charge in [0.05, 0.1) is 5.56 Å². The lowest BCUT2D eigenvalue weighted by Crippen LogP contribution is -1.98. The predicted octanol–water partition coefficient (Wildman–Crippen LogP) is 4.57. The molecule has 0 amide bonds. The second-order valence-electron chi connectivity index (χ2n) is 4.67. The quantitative estimate of drug-likeness (QED) is 0.794. The van der Waals surface area contributed by atoms with Gasteiger partial charge >= 0.3 is 5.97 Å². The van der Waals surface area contributed by atoms with E-state index >= 15 is 0 Å². The molecule has 1 aromatic carbocycles. The monoisotopic (exact) mass is 305 g/mol. The minimum atomic E-state index is -1.07. The van der Waals surface area contributed by atoms with Crippen LogP contribution in [0.1, 0.15) is 35.7 Å². The zero-order chi connectivity index (χ0) is 15.2. The normalized spacial score (nSPS) is 10.4. The summed E-state index contributed by atoms with van der Waals surface area (Å²) in [5.41, 5.74) is 1.29. The van der Waals surface area contributed by atoms with Gasteiger partial charge in [0.15, 0.2) is 0 Å². The Morgan fingerprint density at radius 1 is 1.29 bits per heavy atom. The number of hydrogen-bond donors (Lipinski definition) is 1. The van der Waals surface area contributed by atoms with Crippen LogP contribution in [0.25, 0.3) is 0 Å². The minimum Gasteiger partial charge on any atom is -0.478 e. The van der Waals surface area contributed by atoms with E-state index in [1.807, 2.05) is 24.3 Å². The van der Waals surface area contributed by atoms with Crippen LogP contribution < -0.4 is 4.74 Å². The van der Waals surface area contributed by atoms with Crippen molar-refractivity contribution in [3.63, 3.8) is 0 Å². The highest BCUT2D eigenvalue weighted by atomic mass is 35.5. The zero-order valence-corrected chi connectivity index (χ0v) is 12.4. The number of carboxylic acid groups (broad SMARTS) is 1. The molecule has 0 spiro atoms. The van der Waals surface area contributed by atoms with Crippen LogP contribution in [0.5, 0.6) is 11.6 Å². The maximum absolute atomic E-state index is 11.0. The Morgan fingerprint density at radius 2 is 2.00 bits per heavy atom. The van der Waals surface area contributed by atoms with Crippen molar-refractivity contribution >= 4 is 17.6 Å². The molecule has 0 saturated heterocycles. The van der Waals surface area contributed by atoms with E-state index in [1.165, 1.54) is 17.7 Å². The van der Waals surface area contributed by atoms with Crippen molar-refractivity contribution in [2.75, 3.05) is 0 Å². The number of hydrogen-bond acceptors (Lipinski definition) is 3. The molecule has 1 heterocycles. The molecule has 0 bridgehead atoms. The lowest BCUT2D eigenvalue weighted by molar-refractivity contribution is 0.0696. The zero-order valence-electron chi connectivity index (χ0n) is 11.7. The fourth-order valence-corrected chi connectivity index (χ4v) is 2.08. The Morgan fingerprint density at radius 3 is 2.62 bits per heavy atom. The molecular weight excluding hydrogens is 290 g/mol. The fraction of sp³-hybridized carbons (Fsp3) is 0.250. The maximum Gasteiger partial charge on any atom is 0.335 e. The van der Waals surface area contributed by atoms with Crippen LogP contribution in [0.2, 0.25) is 5.15 Å². The molecule has 0 unspecified atom stereocenters. The summed E-state index contributed by atoms with van der Waals surface area (Å²) >= 11 is 5.79. The largest absolute Gasteiger partial charge is 0.478 e. The van der Waals surface area contributed by atoms with Gasteiger partial charge in [0, 0.05) is 6.07 Å². The molecule has 110 valence electrons. The van der Waals surface area contributed by atoms with Crippen molar-refractivity contribution in [1.82, 2.24) is 4.98 Å². The number of pyridine rings is 1. The fourth-order valence-electron chi connectivity index (χ4n) is 1.87. The molecule has 0 radical (unpaired) electrons. The number of carbonyl (C=O) groups is 1. The number of rotatable bonds is 6. The second kappa shape index (κ2) is 7.09. The third kappa shape index (κ3) is 4.46. The summed E-state index contributed by atoms with van der Waals surface area (Å²) in [5.74, 6) is -0.304. The number of nitrogens with zero attached hydrogens (tertiary/aromatic N) is 1. The van der Waals surface area contributed by atoms with Gasteiger partial charge in [-0.3, -0.25) is 0 Å². The number of aryl methyl sites for hydroxylation is 1. The third-order valence-electron chi connectivity index (χ3n) is 2.98. The summed E-state index contributed by atoms with van der Waals surface area (Å²) in [6, 6.07) is 10.3. The standard InChI is InChI=1S/C16H16ClNO3/c1-2-3-4-11-5-7-13(8-6-11)21-15-10-12(16(19)20)9-14(17)18-15/h5-10H,2-4H2,1H3,(H,19,20). The summed E-state index contributed by atoms with van der Waals surface area (Å²) in [7, 11) is 0. The number of aromatic nitrogens is 1. The molecule has 0 aliphatic heterocycles. The van der Waals surface area contributed by atoms with Crippen LogP contribution in [-0.2, 0) is 6.42 Å². The van der Waals surface area contributed by atoms with Gasteiger partial charge in [-0.05, 0) is 36.6 Å². The number of carboxylic acids is 1. The summed E-state index contributed by atoms with van der Waals surface area (Å²) in [6.07, 6.45) is 3.34. The lowest BCUT2D eigenvalue weighted by atomic mass is 10.1. The first-order valence-electron chi connectivity index (χ1n) is 6.76. The Balaban J connectivity index is 2.12. The first kappa shape index (κ1) is 15.3. The highest BCUT2D eigenvalue weighted by Crippen LogP contribution is 2.23. The van der Waals surface area contributed by atoms with E-state index in [4.69, 9.17) is 21.4 Å². The summed E-state index contributed by atoms with van der Waals surface area (Å²) < 4.78 is 5.55. The van der Waals surface area contributed by atoms with Crippen LogP contribution in [0, 0.1) is 0 Å². The van der Waals surface area contributed by atoms with E-state index in [-0.39, 0.29) is 16.6 Å². The first-order chi connectivity index (χ1) is 10.1. The van der Waals surface area contributed by atoms with Crippen molar-refractivity contribution in [2.24, 2.45) is 0 Å². The average Bonchev–Trinajstić information content (AvgIpc) is 2.46. The van der Waals surface area contributed by atoms with Crippen molar-refractivity contribution in [3.8, 4) is 11.6 Å². The molecule has 0 fully saturated rings. The van der Waals surface area contributed by atoms with Gasteiger partial charge in [-0.2, -0.15) is 0 Å². The van der Waals surface area contributed by atoms with Crippen LogP contribution in [-0.4, -0.2) is 16.1 Å². The van der Waals surface area contributed by atoms with Gasteiger partial charge in [-0.1, -0.05) is 37.1 Å². The number of benzene rings is 1. The topological polar surface area (TPSA) is 59.4 Å². The lowest BCUT2D eigenvalue weighted by Gasteiger charge is -2.07. The number of aromatic carboxylic acids is 1. The van der Waals surface area contributed by atoms with Gasteiger partial charge in [0.25, 0.3) is 0 Å². The Kier molecular flexibility index (Phi) is 5.17. The number of halogens is 1. The second-order valence-corrected chi connectivity index (χ2v) is 5.06. The Labute approximate surface area is 128 Å². The van der Waals surface area contributed by atoms with Gasteiger partial charge in [-0.15, -0.1) is 0 Å². The molecule has 1 aromatic heterocycles. The molecular formula is C16H16ClNO3. The number of ether oxygens (including phenoxy) is 1. The average molecular weight is 306 g/mol. The van der Waals surface area contributed by atoms with Crippen molar-refractivity contribution in [2.45, 2.75) is 26.2 Å². The van der Waals surface area contributed by atoms with Gasteiger partial charge in [0.1, 0.15) is 10.9 Å². The molecule has 5 heteroatoms. The summed E-state index contributed by atoms with van der Waals surface area (Å²) in [4.78, 5) is 14.9. The van der Waals surface area contributed by atoms with Gasteiger partial charge in [-0.25, -0.2) is 9.78 Å². The van der Waals surface area contributed by atoms with E-state index < -0.39 is 5.97 Å². The van der Waals surface area contributed by atoms with E-state index in [0.717, 1.165) is 19.3 Å². The van der Waals surface area contributed by atoms with Gasteiger partial charge in [0.2, 0.25) is 5.88 Å². The maximum atomic E-state index is 11.0.